The first-order chi connectivity index (χ1) is 11.5. The number of nitrogen functional groups attached to an aromatic ring is 1. The zero-order valence-electron chi connectivity index (χ0n) is 14.4. The fourth-order valence-electron chi connectivity index (χ4n) is 2.86. The standard InChI is InChI=1S/C16H24N2O7/c1-18(2,3)12-14(21)13(20)11(25-16(12)23)7-24-15(22)9-6-8(17)4-5-10(9)19/h4-6,11-14,16,20-21,23H,7,17H2,1-3H3/p+1/t11-,12-,13-,14-,16?/m1/s1. The summed E-state index contributed by atoms with van der Waals surface area (Å²) in [6.07, 6.45) is -5.08. The quantitative estimate of drug-likeness (QED) is 0.193. The topological polar surface area (TPSA) is 142 Å². The van der Waals surface area contributed by atoms with Gasteiger partial charge in [-0.2, -0.15) is 0 Å². The second-order valence-corrected chi connectivity index (χ2v) is 7.03. The summed E-state index contributed by atoms with van der Waals surface area (Å²) in [6.45, 7) is -0.410. The summed E-state index contributed by atoms with van der Waals surface area (Å²) in [5, 5.41) is 40.3. The number of ether oxygens (including phenoxy) is 2. The van der Waals surface area contributed by atoms with Gasteiger partial charge in [-0.25, -0.2) is 4.79 Å². The molecular weight excluding hydrogens is 332 g/mol. The predicted octanol–water partition coefficient (Wildman–Crippen LogP) is -1.35. The third kappa shape index (κ3) is 4.20. The van der Waals surface area contributed by atoms with Crippen LogP contribution in [0.1, 0.15) is 10.4 Å². The number of benzene rings is 1. The van der Waals surface area contributed by atoms with Gasteiger partial charge in [0.15, 0.2) is 6.04 Å². The number of hydrogen-bond acceptors (Lipinski definition) is 8. The lowest BCUT2D eigenvalue weighted by Crippen LogP contribution is -2.67. The first kappa shape index (κ1) is 19.4. The van der Waals surface area contributed by atoms with Crippen molar-refractivity contribution in [2.24, 2.45) is 0 Å². The summed E-state index contributed by atoms with van der Waals surface area (Å²) >= 11 is 0. The number of anilines is 1. The van der Waals surface area contributed by atoms with E-state index in [0.29, 0.717) is 0 Å². The Morgan fingerprint density at radius 1 is 1.24 bits per heavy atom. The summed E-state index contributed by atoms with van der Waals surface area (Å²) in [5.41, 5.74) is 5.71. The van der Waals surface area contributed by atoms with Crippen molar-refractivity contribution >= 4 is 11.7 Å². The van der Waals surface area contributed by atoms with Gasteiger partial charge in [-0.15, -0.1) is 0 Å². The minimum Gasteiger partial charge on any atom is -0.507 e. The summed E-state index contributed by atoms with van der Waals surface area (Å²) < 4.78 is 10.5. The normalized spacial score (nSPS) is 30.1. The number of phenols is 1. The number of nitrogens with two attached hydrogens (primary N) is 1. The molecule has 1 unspecified atom stereocenters. The van der Waals surface area contributed by atoms with Crippen LogP contribution in [0.5, 0.6) is 5.75 Å². The molecule has 1 aliphatic rings. The van der Waals surface area contributed by atoms with Crippen LogP contribution >= 0.6 is 0 Å². The lowest BCUT2D eigenvalue weighted by molar-refractivity contribution is -0.909. The van der Waals surface area contributed by atoms with Gasteiger partial charge in [-0.05, 0) is 18.2 Å². The Labute approximate surface area is 145 Å². The molecule has 2 rings (SSSR count). The smallest absolute Gasteiger partial charge is 0.342 e. The van der Waals surface area contributed by atoms with Crippen LogP contribution in [0.3, 0.4) is 0 Å². The Bertz CT molecular complexity index is 631. The van der Waals surface area contributed by atoms with Crippen LogP contribution < -0.4 is 5.73 Å². The molecule has 9 nitrogen and oxygen atoms in total. The van der Waals surface area contributed by atoms with Crippen molar-refractivity contribution in [3.05, 3.63) is 23.8 Å². The van der Waals surface area contributed by atoms with Crippen LogP contribution in [0, 0.1) is 0 Å². The largest absolute Gasteiger partial charge is 0.507 e. The van der Waals surface area contributed by atoms with Crippen molar-refractivity contribution < 1.29 is 39.2 Å². The van der Waals surface area contributed by atoms with Gasteiger partial charge < -0.3 is 40.1 Å². The van der Waals surface area contributed by atoms with Crippen molar-refractivity contribution in [2.45, 2.75) is 30.6 Å². The Balaban J connectivity index is 2.04. The van der Waals surface area contributed by atoms with Gasteiger partial charge in [0.05, 0.1) is 21.1 Å². The van der Waals surface area contributed by atoms with E-state index in [1.807, 2.05) is 0 Å². The maximum atomic E-state index is 12.1. The summed E-state index contributed by atoms with van der Waals surface area (Å²) in [5.74, 6) is -1.16. The van der Waals surface area contributed by atoms with Gasteiger partial charge in [0.25, 0.3) is 0 Å². The van der Waals surface area contributed by atoms with Crippen LogP contribution in [0.2, 0.25) is 0 Å². The van der Waals surface area contributed by atoms with Crippen LogP contribution in [0.15, 0.2) is 18.2 Å². The molecule has 1 heterocycles. The molecule has 1 aromatic carbocycles. The average Bonchev–Trinajstić information content (AvgIpc) is 2.50. The molecule has 0 aliphatic carbocycles. The Morgan fingerprint density at radius 2 is 1.88 bits per heavy atom. The maximum Gasteiger partial charge on any atom is 0.342 e. The molecule has 1 aliphatic heterocycles. The van der Waals surface area contributed by atoms with E-state index in [0.717, 1.165) is 0 Å². The van der Waals surface area contributed by atoms with E-state index in [2.05, 4.69) is 0 Å². The molecule has 0 radical (unpaired) electrons. The van der Waals surface area contributed by atoms with Crippen LogP contribution in [0.25, 0.3) is 0 Å². The van der Waals surface area contributed by atoms with Crippen molar-refractivity contribution in [3.63, 3.8) is 0 Å². The minimum atomic E-state index is -1.35. The van der Waals surface area contributed by atoms with Crippen molar-refractivity contribution in [3.8, 4) is 5.75 Å². The van der Waals surface area contributed by atoms with E-state index >= 15 is 0 Å². The second kappa shape index (κ2) is 7.14. The van der Waals surface area contributed by atoms with Crippen LogP contribution in [0.4, 0.5) is 5.69 Å². The van der Waals surface area contributed by atoms with Crippen LogP contribution in [-0.2, 0) is 9.47 Å². The number of carbonyl (C=O) groups excluding carboxylic acids is 1. The van der Waals surface area contributed by atoms with E-state index in [9.17, 15) is 25.2 Å². The number of hydrogen-bond donors (Lipinski definition) is 5. The fourth-order valence-corrected chi connectivity index (χ4v) is 2.86. The van der Waals surface area contributed by atoms with Crippen molar-refractivity contribution in [1.82, 2.24) is 0 Å². The highest BCUT2D eigenvalue weighted by molar-refractivity contribution is 5.93. The minimum absolute atomic E-state index is 0.129. The fraction of sp³-hybridized carbons (Fsp3) is 0.562. The van der Waals surface area contributed by atoms with E-state index in [1.54, 1.807) is 21.1 Å². The molecule has 0 bridgehead atoms. The Morgan fingerprint density at radius 3 is 2.48 bits per heavy atom. The number of likely N-dealkylation sites (N-methyl/N-ethyl adjacent to an activating group) is 1. The Hall–Kier alpha value is -1.91. The van der Waals surface area contributed by atoms with E-state index in [-0.39, 0.29) is 21.5 Å². The zero-order chi connectivity index (χ0) is 18.9. The summed E-state index contributed by atoms with van der Waals surface area (Å²) in [4.78, 5) is 12.1. The molecule has 25 heavy (non-hydrogen) atoms. The third-order valence-corrected chi connectivity index (χ3v) is 4.20. The van der Waals surface area contributed by atoms with Gasteiger partial charge in [-0.1, -0.05) is 0 Å². The number of phenolic OH excluding ortho intramolecular Hbond substituents is 1. The lowest BCUT2D eigenvalue weighted by Gasteiger charge is -2.46. The van der Waals surface area contributed by atoms with Gasteiger partial charge in [-0.3, -0.25) is 0 Å². The molecule has 5 atom stereocenters. The molecule has 0 amide bonds. The molecular formula is C16H25N2O7+. The van der Waals surface area contributed by atoms with Crippen LogP contribution in [-0.4, -0.2) is 89.3 Å². The SMILES string of the molecule is C[N+](C)(C)[C@H]1C(O)O[C@H](COC(=O)c2cc(N)ccc2O)[C@@H](O)[C@@H]1O. The highest BCUT2D eigenvalue weighted by atomic mass is 16.6. The monoisotopic (exact) mass is 357 g/mol. The number of aliphatic hydroxyl groups excluding tert-OH is 3. The number of carbonyl (C=O) groups is 1. The number of rotatable bonds is 4. The highest BCUT2D eigenvalue weighted by Gasteiger charge is 2.50. The zero-order valence-corrected chi connectivity index (χ0v) is 14.4. The summed E-state index contributed by atoms with van der Waals surface area (Å²) in [6, 6.07) is 3.18. The molecule has 0 saturated carbocycles. The van der Waals surface area contributed by atoms with Gasteiger partial charge in [0, 0.05) is 5.69 Å². The third-order valence-electron chi connectivity index (χ3n) is 4.20. The first-order valence-corrected chi connectivity index (χ1v) is 7.78. The van der Waals surface area contributed by atoms with Gasteiger partial charge >= 0.3 is 5.97 Å². The molecule has 140 valence electrons. The number of aromatic hydroxyl groups is 1. The number of nitrogens with zero attached hydrogens (tertiary/aromatic N) is 1. The molecule has 1 aromatic rings. The molecule has 1 fully saturated rings. The average molecular weight is 357 g/mol. The lowest BCUT2D eigenvalue weighted by atomic mass is 9.95. The van der Waals surface area contributed by atoms with E-state index in [4.69, 9.17) is 15.2 Å². The van der Waals surface area contributed by atoms with Gasteiger partial charge in [0.2, 0.25) is 6.29 Å². The molecule has 1 saturated heterocycles. The molecule has 6 N–H and O–H groups in total. The first-order valence-electron chi connectivity index (χ1n) is 7.78. The van der Waals surface area contributed by atoms with Gasteiger partial charge in [0.1, 0.15) is 36.2 Å². The van der Waals surface area contributed by atoms with Crippen molar-refractivity contribution in [2.75, 3.05) is 33.5 Å². The predicted molar refractivity (Wildman–Crippen MR) is 87.5 cm³/mol. The maximum absolute atomic E-state index is 12.1. The molecule has 0 spiro atoms. The number of esters is 1. The molecule has 9 heteroatoms. The molecule has 0 aromatic heterocycles. The van der Waals surface area contributed by atoms with E-state index < -0.39 is 43.2 Å². The highest BCUT2D eigenvalue weighted by Crippen LogP contribution is 2.26. The Kier molecular flexibility index (Phi) is 5.55. The second-order valence-electron chi connectivity index (χ2n) is 7.03. The number of aliphatic hydroxyl groups is 3. The van der Waals surface area contributed by atoms with Crippen molar-refractivity contribution in [1.29, 1.82) is 0 Å². The van der Waals surface area contributed by atoms with E-state index in [1.165, 1.54) is 18.2 Å². The summed E-state index contributed by atoms with van der Waals surface area (Å²) in [7, 11) is 5.24. The number of quaternary nitrogens is 1.